The number of hydrazone groups is 1. The van der Waals surface area contributed by atoms with Gasteiger partial charge in [0.05, 0.1) is 32.6 Å². The lowest BCUT2D eigenvalue weighted by molar-refractivity contribution is -1.01. The Morgan fingerprint density at radius 2 is 1.93 bits per heavy atom. The molecule has 4 heteroatoms. The van der Waals surface area contributed by atoms with Crippen molar-refractivity contribution in [3.63, 3.8) is 0 Å². The Labute approximate surface area is 84.7 Å². The highest BCUT2D eigenvalue weighted by Gasteiger charge is 2.31. The third-order valence-corrected chi connectivity index (χ3v) is 2.69. The minimum Gasteiger partial charge on any atom is -0.230 e. The molecule has 2 rings (SSSR count). The molecule has 0 aromatic carbocycles. The van der Waals surface area contributed by atoms with E-state index >= 15 is 0 Å². The van der Waals surface area contributed by atoms with Crippen LogP contribution in [0.4, 0.5) is 0 Å². The van der Waals surface area contributed by atoms with E-state index in [0.717, 1.165) is 30.8 Å². The third kappa shape index (κ3) is 1.86. The fraction of sp³-hybridized carbons (Fsp3) is 0.500. The van der Waals surface area contributed by atoms with E-state index in [0.29, 0.717) is 0 Å². The molecule has 2 heterocycles. The smallest absolute Gasteiger partial charge is 0.117 e. The van der Waals surface area contributed by atoms with Gasteiger partial charge in [0, 0.05) is 0 Å². The normalized spacial score (nSPS) is 25.1. The molecule has 1 saturated heterocycles. The fourth-order valence-electron chi connectivity index (χ4n) is 1.67. The fourth-order valence-corrected chi connectivity index (χ4v) is 1.67. The summed E-state index contributed by atoms with van der Waals surface area (Å²) < 4.78 is 0.832. The minimum atomic E-state index is 0.832. The Morgan fingerprint density at radius 1 is 1.14 bits per heavy atom. The van der Waals surface area contributed by atoms with Gasteiger partial charge in [0.2, 0.25) is 0 Å². The van der Waals surface area contributed by atoms with Crippen LogP contribution in [0.2, 0.25) is 0 Å². The monoisotopic (exact) mass is 192 g/mol. The standard InChI is InChI=1S/C10H16N4/c1-14(9-6-11-7-10-14)13-8-4-2-3-5-12-13/h2-5,8H,6-7,9-10H2,1H3/q+1. The van der Waals surface area contributed by atoms with Gasteiger partial charge in [0.25, 0.3) is 0 Å². The Kier molecular flexibility index (Phi) is 2.65. The van der Waals surface area contributed by atoms with Crippen LogP contribution >= 0.6 is 0 Å². The molecule has 4 nitrogen and oxygen atoms in total. The minimum absolute atomic E-state index is 0.832. The lowest BCUT2D eigenvalue weighted by Gasteiger charge is -2.40. The van der Waals surface area contributed by atoms with Crippen molar-refractivity contribution in [2.45, 2.75) is 0 Å². The molecule has 0 bridgehead atoms. The van der Waals surface area contributed by atoms with E-state index in [-0.39, 0.29) is 0 Å². The average Bonchev–Trinajstić information content (AvgIpc) is 2.47. The van der Waals surface area contributed by atoms with E-state index in [2.05, 4.69) is 17.5 Å². The van der Waals surface area contributed by atoms with Crippen LogP contribution in [0.15, 0.2) is 29.5 Å². The summed E-state index contributed by atoms with van der Waals surface area (Å²) in [7, 11) is 2.20. The topological polar surface area (TPSA) is 29.7 Å². The molecule has 0 atom stereocenters. The second-order valence-corrected chi connectivity index (χ2v) is 3.77. The second-order valence-electron chi connectivity index (χ2n) is 3.77. The van der Waals surface area contributed by atoms with Gasteiger partial charge in [-0.3, -0.25) is 0 Å². The lowest BCUT2D eigenvalue weighted by atomic mass is 10.4. The predicted molar refractivity (Wildman–Crippen MR) is 56.4 cm³/mol. The number of rotatable bonds is 1. The van der Waals surface area contributed by atoms with E-state index in [4.69, 9.17) is 0 Å². The van der Waals surface area contributed by atoms with Gasteiger partial charge < -0.3 is 0 Å². The van der Waals surface area contributed by atoms with Crippen LogP contribution < -0.4 is 5.32 Å². The maximum Gasteiger partial charge on any atom is 0.117 e. The summed E-state index contributed by atoms with van der Waals surface area (Å²) >= 11 is 0. The second kappa shape index (κ2) is 3.94. The zero-order chi connectivity index (χ0) is 9.86. The number of hydrogen-bond acceptors (Lipinski definition) is 2. The molecular formula is C10H16N4+. The summed E-state index contributed by atoms with van der Waals surface area (Å²) in [5.41, 5.74) is 0. The molecule has 0 aliphatic carbocycles. The van der Waals surface area contributed by atoms with Crippen LogP contribution in [0.3, 0.4) is 0 Å². The number of nitrogens with zero attached hydrogens (tertiary/aromatic N) is 4. The van der Waals surface area contributed by atoms with Crippen molar-refractivity contribution in [1.29, 1.82) is 0 Å². The largest absolute Gasteiger partial charge is 0.230 e. The molecule has 2 aliphatic heterocycles. The van der Waals surface area contributed by atoms with Gasteiger partial charge >= 0.3 is 0 Å². The van der Waals surface area contributed by atoms with Gasteiger partial charge in [-0.05, 0) is 12.2 Å². The van der Waals surface area contributed by atoms with E-state index < -0.39 is 0 Å². The molecule has 0 spiro atoms. The van der Waals surface area contributed by atoms with Crippen molar-refractivity contribution in [1.82, 2.24) is 10.4 Å². The van der Waals surface area contributed by atoms with Gasteiger partial charge in [-0.2, -0.15) is 0 Å². The van der Waals surface area contributed by atoms with Gasteiger partial charge in [-0.25, -0.2) is 9.91 Å². The highest BCUT2D eigenvalue weighted by Crippen LogP contribution is 2.13. The molecule has 75 valence electrons. The van der Waals surface area contributed by atoms with E-state index in [1.54, 1.807) is 0 Å². The first kappa shape index (κ1) is 9.43. The van der Waals surface area contributed by atoms with Gasteiger partial charge in [-0.15, -0.1) is 10.2 Å². The molecule has 0 unspecified atom stereocenters. The molecule has 0 amide bonds. The number of hydrogen-bond donors (Lipinski definition) is 0. The van der Waals surface area contributed by atoms with Crippen molar-refractivity contribution in [3.05, 3.63) is 24.4 Å². The van der Waals surface area contributed by atoms with E-state index in [9.17, 15) is 0 Å². The lowest BCUT2D eigenvalue weighted by Crippen LogP contribution is -2.60. The van der Waals surface area contributed by atoms with E-state index in [1.807, 2.05) is 35.8 Å². The summed E-state index contributed by atoms with van der Waals surface area (Å²) in [5, 5.41) is 10.7. The highest BCUT2D eigenvalue weighted by molar-refractivity contribution is 5.71. The zero-order valence-corrected chi connectivity index (χ0v) is 8.50. The Morgan fingerprint density at radius 3 is 2.71 bits per heavy atom. The van der Waals surface area contributed by atoms with Gasteiger partial charge in [0.15, 0.2) is 0 Å². The molecular weight excluding hydrogens is 176 g/mol. The maximum atomic E-state index is 4.38. The highest BCUT2D eigenvalue weighted by atomic mass is 15.9. The first-order chi connectivity index (χ1) is 6.81. The zero-order valence-electron chi connectivity index (χ0n) is 8.50. The molecule has 0 saturated carbocycles. The number of piperazine rings is 1. The van der Waals surface area contributed by atoms with Crippen LogP contribution in [-0.2, 0) is 0 Å². The van der Waals surface area contributed by atoms with Crippen molar-refractivity contribution in [2.24, 2.45) is 5.10 Å². The van der Waals surface area contributed by atoms with Crippen LogP contribution in [0.5, 0.6) is 0 Å². The van der Waals surface area contributed by atoms with E-state index in [1.165, 1.54) is 0 Å². The van der Waals surface area contributed by atoms with Crippen LogP contribution in [0.1, 0.15) is 0 Å². The Bertz CT molecular complexity index is 258. The first-order valence-corrected chi connectivity index (χ1v) is 4.96. The number of quaternary nitrogens is 1. The van der Waals surface area contributed by atoms with Crippen molar-refractivity contribution >= 4 is 6.21 Å². The summed E-state index contributed by atoms with van der Waals surface area (Å²) in [4.78, 5) is 0. The summed E-state index contributed by atoms with van der Waals surface area (Å²) in [6, 6.07) is 0. The van der Waals surface area contributed by atoms with Crippen molar-refractivity contribution in [2.75, 3.05) is 33.2 Å². The SMILES string of the molecule is C[N+]1(N2C=CC=CC=N2)CC[N]CC1. The summed E-state index contributed by atoms with van der Waals surface area (Å²) in [6.45, 7) is 3.93. The number of allylic oxidation sites excluding steroid dienone is 3. The molecule has 1 fully saturated rings. The molecule has 0 aromatic heterocycles. The molecule has 0 aromatic rings. The quantitative estimate of drug-likeness (QED) is 0.551. The van der Waals surface area contributed by atoms with Crippen molar-refractivity contribution < 1.29 is 4.59 Å². The van der Waals surface area contributed by atoms with Crippen LogP contribution in [0.25, 0.3) is 0 Å². The molecule has 2 aliphatic rings. The first-order valence-electron chi connectivity index (χ1n) is 4.96. The molecule has 14 heavy (non-hydrogen) atoms. The summed E-state index contributed by atoms with van der Waals surface area (Å²) in [6.07, 6.45) is 9.80. The third-order valence-electron chi connectivity index (χ3n) is 2.69. The van der Waals surface area contributed by atoms with Crippen LogP contribution in [0, 0.1) is 0 Å². The van der Waals surface area contributed by atoms with Gasteiger partial charge in [0.1, 0.15) is 13.1 Å². The Hall–Kier alpha value is -1.13. The average molecular weight is 192 g/mol. The van der Waals surface area contributed by atoms with Crippen molar-refractivity contribution in [3.8, 4) is 0 Å². The number of likely N-dealkylation sites (N-methyl/N-ethyl adjacent to an activating group) is 1. The molecule has 0 N–H and O–H groups in total. The predicted octanol–water partition coefficient (Wildman–Crippen LogP) is 0.337. The maximum absolute atomic E-state index is 4.38. The van der Waals surface area contributed by atoms with Crippen LogP contribution in [-0.4, -0.2) is 49.2 Å². The Balaban J connectivity index is 2.12. The summed E-state index contributed by atoms with van der Waals surface area (Å²) in [5.74, 6) is 0. The molecule has 1 radical (unpaired) electrons. The van der Waals surface area contributed by atoms with Gasteiger partial charge in [-0.1, -0.05) is 6.08 Å².